The number of likely N-dealkylation sites (tertiary alicyclic amines) is 1. The van der Waals surface area contributed by atoms with Gasteiger partial charge in [0.05, 0.1) is 29.2 Å². The summed E-state index contributed by atoms with van der Waals surface area (Å²) in [7, 11) is 1.60. The van der Waals surface area contributed by atoms with Gasteiger partial charge in [-0.15, -0.1) is 0 Å². The van der Waals surface area contributed by atoms with Crippen molar-refractivity contribution in [3.05, 3.63) is 82.4 Å². The number of hydrogen-bond donors (Lipinski definition) is 4. The van der Waals surface area contributed by atoms with Crippen molar-refractivity contribution in [3.63, 3.8) is 0 Å². The summed E-state index contributed by atoms with van der Waals surface area (Å²) in [5.41, 5.74) is 5.71. The molecule has 1 atom stereocenters. The van der Waals surface area contributed by atoms with Gasteiger partial charge in [0.15, 0.2) is 11.6 Å². The van der Waals surface area contributed by atoms with Gasteiger partial charge in [-0.1, -0.05) is 29.8 Å². The van der Waals surface area contributed by atoms with Crippen LogP contribution in [0.1, 0.15) is 49.3 Å². The molecule has 2 aliphatic rings. The molecular formula is C37H42ClFN8O3. The van der Waals surface area contributed by atoms with Gasteiger partial charge >= 0.3 is 0 Å². The van der Waals surface area contributed by atoms with Crippen molar-refractivity contribution in [3.8, 4) is 28.4 Å². The fourth-order valence-corrected chi connectivity index (χ4v) is 6.79. The summed E-state index contributed by atoms with van der Waals surface area (Å²) in [6.45, 7) is 6.52. The largest absolute Gasteiger partial charge is 0.481 e. The van der Waals surface area contributed by atoms with E-state index in [0.717, 1.165) is 41.6 Å². The van der Waals surface area contributed by atoms with E-state index in [1.165, 1.54) is 0 Å². The summed E-state index contributed by atoms with van der Waals surface area (Å²) in [4.78, 5) is 38.7. The SMILES string of the molecule is COc1nc(-c2ccnc(-c3cccc(Nc4nccc(CNC5CCN(C(C)=O)CC5)c4F)c3Cl)c2C)ccc1CNCC1CCC(=O)N1. The van der Waals surface area contributed by atoms with Crippen LogP contribution in [0.5, 0.6) is 5.88 Å². The number of ether oxygens (including phenoxy) is 1. The van der Waals surface area contributed by atoms with Gasteiger partial charge in [-0.05, 0) is 56.0 Å². The van der Waals surface area contributed by atoms with E-state index in [4.69, 9.17) is 21.3 Å². The Morgan fingerprint density at radius 3 is 2.58 bits per heavy atom. The van der Waals surface area contributed by atoms with Crippen LogP contribution in [0.4, 0.5) is 15.9 Å². The highest BCUT2D eigenvalue weighted by atomic mass is 35.5. The summed E-state index contributed by atoms with van der Waals surface area (Å²) in [6, 6.07) is 13.3. The van der Waals surface area contributed by atoms with Crippen molar-refractivity contribution < 1.29 is 18.7 Å². The minimum absolute atomic E-state index is 0.0760. The van der Waals surface area contributed by atoms with Crippen LogP contribution < -0.4 is 26.0 Å². The van der Waals surface area contributed by atoms with Crippen molar-refractivity contribution in [2.75, 3.05) is 32.1 Å². The second kappa shape index (κ2) is 15.9. The smallest absolute Gasteiger partial charge is 0.220 e. The molecule has 1 aromatic carbocycles. The number of hydrogen-bond acceptors (Lipinski definition) is 9. The second-order valence-corrected chi connectivity index (χ2v) is 13.1. The van der Waals surface area contributed by atoms with E-state index in [1.807, 2.05) is 42.2 Å². The fourth-order valence-electron chi connectivity index (χ4n) is 6.53. The van der Waals surface area contributed by atoms with Gasteiger partial charge in [0.2, 0.25) is 17.7 Å². The van der Waals surface area contributed by atoms with E-state index < -0.39 is 5.82 Å². The van der Waals surface area contributed by atoms with Crippen LogP contribution in [0.15, 0.2) is 54.9 Å². The van der Waals surface area contributed by atoms with Crippen molar-refractivity contribution >= 4 is 34.9 Å². The van der Waals surface area contributed by atoms with Crippen LogP contribution in [0, 0.1) is 12.7 Å². The summed E-state index contributed by atoms with van der Waals surface area (Å²) < 4.78 is 21.3. The van der Waals surface area contributed by atoms with Gasteiger partial charge in [-0.3, -0.25) is 14.6 Å². The third kappa shape index (κ3) is 8.04. The van der Waals surface area contributed by atoms with Gasteiger partial charge < -0.3 is 30.9 Å². The topological polar surface area (TPSA) is 133 Å². The highest BCUT2D eigenvalue weighted by molar-refractivity contribution is 6.36. The van der Waals surface area contributed by atoms with Crippen LogP contribution in [0.2, 0.25) is 5.02 Å². The third-order valence-corrected chi connectivity index (χ3v) is 9.81. The number of pyridine rings is 3. The number of nitrogens with one attached hydrogen (secondary N) is 4. The minimum Gasteiger partial charge on any atom is -0.481 e. The molecule has 50 heavy (non-hydrogen) atoms. The maximum absolute atomic E-state index is 15.7. The predicted molar refractivity (Wildman–Crippen MR) is 192 cm³/mol. The molecule has 0 saturated carbocycles. The molecular weight excluding hydrogens is 659 g/mol. The Labute approximate surface area is 296 Å². The molecule has 5 heterocycles. The Balaban J connectivity index is 1.16. The third-order valence-electron chi connectivity index (χ3n) is 9.40. The number of anilines is 2. The molecule has 13 heteroatoms. The van der Waals surface area contributed by atoms with E-state index in [9.17, 15) is 9.59 Å². The van der Waals surface area contributed by atoms with Crippen LogP contribution in [-0.2, 0) is 22.7 Å². The van der Waals surface area contributed by atoms with E-state index in [1.54, 1.807) is 38.6 Å². The van der Waals surface area contributed by atoms with Crippen LogP contribution in [0.25, 0.3) is 22.5 Å². The van der Waals surface area contributed by atoms with Gasteiger partial charge in [0.1, 0.15) is 0 Å². The first kappa shape index (κ1) is 35.2. The Hall–Kier alpha value is -4.65. The maximum atomic E-state index is 15.7. The standard InChI is InChI=1S/C37H42ClFN8O3/c1-22-28(30-9-7-25(37(46-30)50-3)19-40-21-27-8-10-32(49)44-27)12-16-41-35(22)29-5-4-6-31(33(29)38)45-36-34(39)24(11-15-42-36)20-43-26-13-17-47(18-14-26)23(2)48/h4-7,9,11-12,15-16,26-27,40,43H,8,10,13-14,17-21H2,1-3H3,(H,42,45)(H,44,49). The molecule has 1 unspecified atom stereocenters. The quantitative estimate of drug-likeness (QED) is 0.151. The zero-order chi connectivity index (χ0) is 35.2. The molecule has 2 aliphatic heterocycles. The second-order valence-electron chi connectivity index (χ2n) is 12.7. The van der Waals surface area contributed by atoms with Crippen molar-refractivity contribution in [2.45, 2.75) is 64.7 Å². The Morgan fingerprint density at radius 2 is 1.84 bits per heavy atom. The predicted octanol–water partition coefficient (Wildman–Crippen LogP) is 5.53. The molecule has 3 aromatic heterocycles. The molecule has 6 rings (SSSR count). The number of benzene rings is 1. The van der Waals surface area contributed by atoms with E-state index >= 15 is 4.39 Å². The number of piperidine rings is 1. The van der Waals surface area contributed by atoms with Gasteiger partial charge in [0, 0.05) is 92.8 Å². The molecule has 11 nitrogen and oxygen atoms in total. The lowest BCUT2D eigenvalue weighted by Gasteiger charge is -2.31. The number of carbonyl (C=O) groups is 2. The molecule has 4 aromatic rings. The van der Waals surface area contributed by atoms with Gasteiger partial charge in [-0.2, -0.15) is 0 Å². The maximum Gasteiger partial charge on any atom is 0.220 e. The molecule has 0 aliphatic carbocycles. The summed E-state index contributed by atoms with van der Waals surface area (Å²) in [5, 5.41) is 13.3. The molecule has 262 valence electrons. The zero-order valence-corrected chi connectivity index (χ0v) is 29.2. The first-order valence-electron chi connectivity index (χ1n) is 16.9. The number of aromatic nitrogens is 3. The van der Waals surface area contributed by atoms with Crippen molar-refractivity contribution in [1.29, 1.82) is 0 Å². The zero-order valence-electron chi connectivity index (χ0n) is 28.5. The Kier molecular flexibility index (Phi) is 11.2. The lowest BCUT2D eigenvalue weighted by Crippen LogP contribution is -2.44. The van der Waals surface area contributed by atoms with Gasteiger partial charge in [0.25, 0.3) is 0 Å². The number of nitrogens with zero attached hydrogens (tertiary/aromatic N) is 4. The summed E-state index contributed by atoms with van der Waals surface area (Å²) >= 11 is 6.97. The molecule has 4 N–H and O–H groups in total. The number of amides is 2. The van der Waals surface area contributed by atoms with Crippen molar-refractivity contribution in [1.82, 2.24) is 35.8 Å². The molecule has 0 radical (unpaired) electrons. The Morgan fingerprint density at radius 1 is 1.04 bits per heavy atom. The molecule has 2 amide bonds. The monoisotopic (exact) mass is 700 g/mol. The molecule has 0 spiro atoms. The number of rotatable bonds is 12. The average molecular weight is 701 g/mol. The number of halogens is 2. The normalized spacial score (nSPS) is 16.4. The number of carbonyl (C=O) groups excluding carboxylic acids is 2. The van der Waals surface area contributed by atoms with E-state index in [-0.39, 0.29) is 29.7 Å². The highest BCUT2D eigenvalue weighted by Crippen LogP contribution is 2.38. The van der Waals surface area contributed by atoms with E-state index in [0.29, 0.717) is 72.6 Å². The lowest BCUT2D eigenvalue weighted by atomic mass is 9.99. The Bertz CT molecular complexity index is 1870. The lowest BCUT2D eigenvalue weighted by molar-refractivity contribution is -0.130. The number of methoxy groups -OCH3 is 1. The highest BCUT2D eigenvalue weighted by Gasteiger charge is 2.23. The fraction of sp³-hybridized carbons (Fsp3) is 0.378. The van der Waals surface area contributed by atoms with Crippen LogP contribution in [-0.4, -0.2) is 70.5 Å². The first-order valence-corrected chi connectivity index (χ1v) is 17.3. The summed E-state index contributed by atoms with van der Waals surface area (Å²) in [5.74, 6) is 0.311. The molecule has 2 fully saturated rings. The van der Waals surface area contributed by atoms with Gasteiger partial charge in [-0.25, -0.2) is 14.4 Å². The first-order chi connectivity index (χ1) is 24.2. The summed E-state index contributed by atoms with van der Waals surface area (Å²) in [6.07, 6.45) is 6.34. The van der Waals surface area contributed by atoms with Crippen LogP contribution >= 0.6 is 11.6 Å². The van der Waals surface area contributed by atoms with Crippen LogP contribution in [0.3, 0.4) is 0 Å². The van der Waals surface area contributed by atoms with Crippen molar-refractivity contribution in [2.24, 2.45) is 0 Å². The van der Waals surface area contributed by atoms with E-state index in [2.05, 4.69) is 31.2 Å². The average Bonchev–Trinajstić information content (AvgIpc) is 3.54. The minimum atomic E-state index is -0.456. The molecule has 0 bridgehead atoms. The molecule has 2 saturated heterocycles.